The number of aliphatic imine (C=N–C) groups is 1. The molecule has 4 aliphatic rings. The van der Waals surface area contributed by atoms with Gasteiger partial charge in [-0.25, -0.2) is 5.32 Å². The first kappa shape index (κ1) is 18.7. The molecule has 1 spiro atoms. The number of hydrogen-bond donors (Lipinski definition) is 5. The van der Waals surface area contributed by atoms with E-state index in [9.17, 15) is 19.8 Å². The lowest BCUT2D eigenvalue weighted by atomic mass is 9.85. The summed E-state index contributed by atoms with van der Waals surface area (Å²) in [4.78, 5) is 31.9. The van der Waals surface area contributed by atoms with Gasteiger partial charge in [-0.2, -0.15) is 0 Å². The van der Waals surface area contributed by atoms with Crippen LogP contribution in [-0.4, -0.2) is 93.6 Å². The summed E-state index contributed by atoms with van der Waals surface area (Å²) < 4.78 is 3.90. The lowest BCUT2D eigenvalue weighted by molar-refractivity contribution is -0.222. The zero-order valence-electron chi connectivity index (χ0n) is 15.8. The van der Waals surface area contributed by atoms with Crippen molar-refractivity contribution in [3.8, 4) is 0 Å². The maximum Gasteiger partial charge on any atom is 0.440 e. The van der Waals surface area contributed by atoms with E-state index in [2.05, 4.69) is 32.3 Å². The number of rotatable bonds is 4. The van der Waals surface area contributed by atoms with E-state index >= 15 is 0 Å². The third-order valence-electron chi connectivity index (χ3n) is 5.92. The highest BCUT2D eigenvalue weighted by molar-refractivity contribution is 6.02. The molecule has 4 fully saturated rings. The standard InChI is InChI=1S/C17H25N7O4/c1-3-7-19-15-20-10(9-23-11(25)4-5-12(23)26)13-17(22-14(18-2)21-13)16(27,28)6-8-24(15)17/h10,13,27-28H,2-9H2,1H3,(H2,19,20,21,22)/p+1/t10-,13?,17?/m0/s1. The van der Waals surface area contributed by atoms with Gasteiger partial charge in [-0.15, -0.1) is 0 Å². The Morgan fingerprint density at radius 1 is 1.29 bits per heavy atom. The molecule has 0 aromatic heterocycles. The van der Waals surface area contributed by atoms with Gasteiger partial charge < -0.3 is 20.4 Å². The molecule has 28 heavy (non-hydrogen) atoms. The third kappa shape index (κ3) is 2.50. The van der Waals surface area contributed by atoms with Crippen LogP contribution in [0.4, 0.5) is 0 Å². The highest BCUT2D eigenvalue weighted by Crippen LogP contribution is 2.42. The molecule has 2 amide bonds. The first-order valence-corrected chi connectivity index (χ1v) is 9.59. The molecule has 4 heterocycles. The number of guanidine groups is 2. The average molecular weight is 392 g/mol. The Morgan fingerprint density at radius 2 is 2.00 bits per heavy atom. The molecule has 0 radical (unpaired) electrons. The van der Waals surface area contributed by atoms with Crippen LogP contribution in [-0.2, 0) is 9.59 Å². The van der Waals surface area contributed by atoms with E-state index in [4.69, 9.17) is 0 Å². The summed E-state index contributed by atoms with van der Waals surface area (Å²) in [6.45, 7) is 6.54. The van der Waals surface area contributed by atoms with Crippen LogP contribution in [0, 0.1) is 0 Å². The van der Waals surface area contributed by atoms with Crippen LogP contribution >= 0.6 is 0 Å². The van der Waals surface area contributed by atoms with Crippen molar-refractivity contribution in [1.29, 1.82) is 0 Å². The van der Waals surface area contributed by atoms with Crippen LogP contribution < -0.4 is 20.6 Å². The smallest absolute Gasteiger partial charge is 0.361 e. The summed E-state index contributed by atoms with van der Waals surface area (Å²) in [6, 6.07) is -1.09. The molecule has 152 valence electrons. The van der Waals surface area contributed by atoms with Gasteiger partial charge in [0, 0.05) is 32.4 Å². The van der Waals surface area contributed by atoms with E-state index in [1.54, 1.807) is 4.90 Å². The molecule has 0 saturated carbocycles. The third-order valence-corrected chi connectivity index (χ3v) is 5.92. The number of hydrogen-bond acceptors (Lipinski definition) is 5. The van der Waals surface area contributed by atoms with Gasteiger partial charge in [0.25, 0.3) is 5.66 Å². The van der Waals surface area contributed by atoms with E-state index in [0.29, 0.717) is 25.0 Å². The van der Waals surface area contributed by atoms with E-state index < -0.39 is 23.5 Å². The second-order valence-corrected chi connectivity index (χ2v) is 7.59. The molecule has 0 bridgehead atoms. The molecule has 0 aliphatic carbocycles. The lowest BCUT2D eigenvalue weighted by Crippen LogP contribution is -2.80. The Morgan fingerprint density at radius 3 is 2.64 bits per heavy atom. The van der Waals surface area contributed by atoms with Crippen LogP contribution in [0.25, 0.3) is 0 Å². The van der Waals surface area contributed by atoms with E-state index in [0.717, 1.165) is 6.42 Å². The maximum absolute atomic E-state index is 12.1. The van der Waals surface area contributed by atoms with Gasteiger partial charge in [0.1, 0.15) is 6.72 Å². The van der Waals surface area contributed by atoms with Gasteiger partial charge >= 0.3 is 5.96 Å². The average Bonchev–Trinajstić information content (AvgIpc) is 3.30. The normalized spacial score (nSPS) is 34.7. The van der Waals surface area contributed by atoms with Crippen LogP contribution in [0.2, 0.25) is 0 Å². The van der Waals surface area contributed by atoms with Gasteiger partial charge in [0.2, 0.25) is 17.6 Å². The summed E-state index contributed by atoms with van der Waals surface area (Å²) in [5.41, 5.74) is -1.34. The zero-order chi connectivity index (χ0) is 20.1. The van der Waals surface area contributed by atoms with E-state index in [-0.39, 0.29) is 37.6 Å². The predicted octanol–water partition coefficient (Wildman–Crippen LogP) is -3.36. The summed E-state index contributed by atoms with van der Waals surface area (Å²) in [5.74, 6) is -1.71. The number of nitrogens with one attached hydrogen (secondary N) is 3. The van der Waals surface area contributed by atoms with Crippen molar-refractivity contribution in [1.82, 2.24) is 30.4 Å². The quantitative estimate of drug-likeness (QED) is 0.144. The van der Waals surface area contributed by atoms with Crippen LogP contribution in [0.15, 0.2) is 4.99 Å². The number of carbonyl (C=O) groups excluding carboxylic acids is 2. The molecular weight excluding hydrogens is 366 g/mol. The monoisotopic (exact) mass is 392 g/mol. The molecule has 11 heteroatoms. The molecule has 4 rings (SSSR count). The molecule has 3 atom stereocenters. The van der Waals surface area contributed by atoms with E-state index in [1.807, 2.05) is 6.92 Å². The molecule has 11 nitrogen and oxygen atoms in total. The first-order valence-electron chi connectivity index (χ1n) is 9.59. The van der Waals surface area contributed by atoms with Crippen LogP contribution in [0.1, 0.15) is 32.6 Å². The zero-order valence-corrected chi connectivity index (χ0v) is 15.8. The Balaban J connectivity index is 1.76. The van der Waals surface area contributed by atoms with Gasteiger partial charge in [-0.3, -0.25) is 29.5 Å². The van der Waals surface area contributed by atoms with Crippen LogP contribution in [0.5, 0.6) is 0 Å². The van der Waals surface area contributed by atoms with Crippen molar-refractivity contribution >= 4 is 30.5 Å². The SMILES string of the molecule is C=[N+]=C1NC2[C@H](CN3C(=O)CCC3=O)NC(=NCCC)N3CCC(O)(O)C23N1. The van der Waals surface area contributed by atoms with Gasteiger partial charge in [-0.1, -0.05) is 6.92 Å². The minimum absolute atomic E-state index is 0.0955. The number of carbonyl (C=O) groups is 2. The number of amides is 2. The lowest BCUT2D eigenvalue weighted by Gasteiger charge is -2.48. The summed E-state index contributed by atoms with van der Waals surface area (Å²) in [5, 5.41) is 31.3. The fourth-order valence-electron chi connectivity index (χ4n) is 4.58. The Kier molecular flexibility index (Phi) is 4.33. The van der Waals surface area contributed by atoms with Crippen molar-refractivity contribution in [3.63, 3.8) is 0 Å². The number of nitrogens with zero attached hydrogens (tertiary/aromatic N) is 4. The fraction of sp³-hybridized carbons (Fsp3) is 0.706. The van der Waals surface area contributed by atoms with Crippen molar-refractivity contribution in [2.24, 2.45) is 4.99 Å². The number of likely N-dealkylation sites (tertiary alicyclic amines) is 1. The predicted molar refractivity (Wildman–Crippen MR) is 101 cm³/mol. The van der Waals surface area contributed by atoms with Gasteiger partial charge in [0.15, 0.2) is 12.0 Å². The Bertz CT molecular complexity index is 774. The molecule has 4 aliphatic heterocycles. The maximum atomic E-state index is 12.1. The molecular formula is C17H26N7O4+. The van der Waals surface area contributed by atoms with Crippen molar-refractivity contribution in [3.05, 3.63) is 0 Å². The minimum atomic E-state index is -2.08. The number of aliphatic hydroxyl groups is 2. The Labute approximate surface area is 162 Å². The molecule has 4 saturated heterocycles. The highest BCUT2D eigenvalue weighted by atomic mass is 16.5. The largest absolute Gasteiger partial charge is 0.440 e. The Hall–Kier alpha value is -2.62. The van der Waals surface area contributed by atoms with Gasteiger partial charge in [0.05, 0.1) is 12.6 Å². The van der Waals surface area contributed by atoms with Crippen molar-refractivity contribution in [2.45, 2.75) is 56.1 Å². The second-order valence-electron chi connectivity index (χ2n) is 7.59. The fourth-order valence-corrected chi connectivity index (χ4v) is 4.58. The molecule has 5 N–H and O–H groups in total. The van der Waals surface area contributed by atoms with Crippen molar-refractivity contribution in [2.75, 3.05) is 19.6 Å². The van der Waals surface area contributed by atoms with Gasteiger partial charge in [-0.05, 0) is 6.42 Å². The topological polar surface area (TPSA) is 144 Å². The first-order chi connectivity index (χ1) is 13.3. The summed E-state index contributed by atoms with van der Waals surface area (Å²) in [6.07, 6.45) is 1.32. The highest BCUT2D eigenvalue weighted by Gasteiger charge is 2.75. The van der Waals surface area contributed by atoms with E-state index in [1.165, 1.54) is 4.90 Å². The molecule has 0 aromatic carbocycles. The van der Waals surface area contributed by atoms with Crippen LogP contribution in [0.3, 0.4) is 0 Å². The molecule has 0 aromatic rings. The molecule has 2 unspecified atom stereocenters. The second kappa shape index (κ2) is 6.47. The summed E-state index contributed by atoms with van der Waals surface area (Å²) >= 11 is 0. The van der Waals surface area contributed by atoms with Crippen molar-refractivity contribution < 1.29 is 19.8 Å². The minimum Gasteiger partial charge on any atom is -0.361 e. The number of imide groups is 1. The summed E-state index contributed by atoms with van der Waals surface area (Å²) in [7, 11) is 0.